The Hall–Kier alpha value is -0.160. The molecule has 1 saturated heterocycles. The van der Waals surface area contributed by atoms with Gasteiger partial charge in [-0.05, 0) is 6.92 Å². The molecular weight excluding hydrogens is 136 g/mol. The molecule has 0 amide bonds. The topological polar surface area (TPSA) is 69.9 Å². The van der Waals surface area contributed by atoms with Crippen molar-refractivity contribution in [2.75, 3.05) is 6.58 Å². The Balaban J connectivity index is 2.63. The highest BCUT2D eigenvalue weighted by Gasteiger charge is 2.34. The van der Waals surface area contributed by atoms with E-state index in [0.29, 0.717) is 0 Å². The Morgan fingerprint density at radius 3 is 2.60 bits per heavy atom. The lowest BCUT2D eigenvalue weighted by Crippen LogP contribution is -2.51. The van der Waals surface area contributed by atoms with Gasteiger partial charge in [0.2, 0.25) is 0 Å². The van der Waals surface area contributed by atoms with Crippen molar-refractivity contribution in [2.24, 2.45) is 0 Å². The van der Waals surface area contributed by atoms with Gasteiger partial charge in [0.25, 0.3) is 0 Å². The molecular formula is C6H12O4. The molecule has 10 heavy (non-hydrogen) atoms. The molecule has 4 nitrogen and oxygen atoms in total. The van der Waals surface area contributed by atoms with Gasteiger partial charge >= 0.3 is 0 Å². The fourth-order valence-electron chi connectivity index (χ4n) is 0.845. The predicted octanol–water partition coefficient (Wildman–Crippen LogP) is -1.51. The summed E-state index contributed by atoms with van der Waals surface area (Å²) in [5.74, 6) is 0. The van der Waals surface area contributed by atoms with E-state index in [0.717, 1.165) is 0 Å². The molecule has 0 spiro atoms. The molecule has 0 aromatic heterocycles. The van der Waals surface area contributed by atoms with Crippen molar-refractivity contribution >= 4 is 0 Å². The van der Waals surface area contributed by atoms with E-state index in [-0.39, 0.29) is 0 Å². The van der Waals surface area contributed by atoms with Crippen LogP contribution in [-0.2, 0) is 4.74 Å². The Morgan fingerprint density at radius 1 is 1.40 bits per heavy atom. The van der Waals surface area contributed by atoms with Crippen LogP contribution >= 0.6 is 0 Å². The second kappa shape index (κ2) is 2.84. The Bertz CT molecular complexity index is 129. The predicted molar refractivity (Wildman–Crippen MR) is 33.4 cm³/mol. The maximum Gasteiger partial charge on any atom is 0.110 e. The van der Waals surface area contributed by atoms with E-state index >= 15 is 0 Å². The summed E-state index contributed by atoms with van der Waals surface area (Å²) in [6, 6.07) is 0. The number of aliphatic hydroxyl groups is 3. The van der Waals surface area contributed by atoms with Crippen molar-refractivity contribution in [2.45, 2.75) is 31.3 Å². The van der Waals surface area contributed by atoms with Crippen LogP contribution in [0.5, 0.6) is 0 Å². The SMILES string of the molecule is [2H]C1O[C@H](C)[C@H](O)[C@H](O)[C@H]1O. The molecule has 1 fully saturated rings. The molecule has 1 aliphatic heterocycles. The van der Waals surface area contributed by atoms with Crippen LogP contribution in [0, 0.1) is 0 Å². The van der Waals surface area contributed by atoms with Crippen LogP contribution in [-0.4, -0.2) is 46.3 Å². The Morgan fingerprint density at radius 2 is 2.00 bits per heavy atom. The monoisotopic (exact) mass is 149 g/mol. The third-order valence-electron chi connectivity index (χ3n) is 1.61. The fraction of sp³-hybridized carbons (Fsp3) is 1.00. The first-order chi connectivity index (χ1) is 5.04. The van der Waals surface area contributed by atoms with Gasteiger partial charge in [0.05, 0.1) is 14.1 Å². The largest absolute Gasteiger partial charge is 0.388 e. The van der Waals surface area contributed by atoms with Crippen LogP contribution in [0.4, 0.5) is 0 Å². The molecule has 1 aliphatic rings. The van der Waals surface area contributed by atoms with Gasteiger partial charge < -0.3 is 20.1 Å². The second-order valence-electron chi connectivity index (χ2n) is 2.45. The minimum Gasteiger partial charge on any atom is -0.388 e. The number of hydrogen-bond donors (Lipinski definition) is 3. The first-order valence-electron chi connectivity index (χ1n) is 3.73. The Kier molecular flexibility index (Phi) is 1.86. The summed E-state index contributed by atoms with van der Waals surface area (Å²) in [5, 5.41) is 27.2. The second-order valence-corrected chi connectivity index (χ2v) is 2.45. The standard InChI is InChI=1S/C6H12O4/c1-3-5(8)6(9)4(7)2-10-3/h3-9H,2H2,1H3/t3-,4+,5+,6-/m1/s1/i2D/t2?,3-,4+,5+,6-. The summed E-state index contributed by atoms with van der Waals surface area (Å²) in [6.07, 6.45) is -4.30. The molecule has 1 heterocycles. The summed E-state index contributed by atoms with van der Waals surface area (Å²) in [6.45, 7) is 0.379. The number of ether oxygens (including phenoxy) is 1. The molecule has 0 bridgehead atoms. The van der Waals surface area contributed by atoms with Gasteiger partial charge in [-0.1, -0.05) is 0 Å². The quantitative estimate of drug-likeness (QED) is 0.391. The summed E-state index contributed by atoms with van der Waals surface area (Å²) in [5.41, 5.74) is 0. The third kappa shape index (κ3) is 1.29. The molecule has 3 N–H and O–H groups in total. The zero-order valence-corrected chi connectivity index (χ0v) is 5.64. The van der Waals surface area contributed by atoms with Gasteiger partial charge in [-0.25, -0.2) is 0 Å². The molecule has 0 saturated carbocycles. The molecule has 0 aromatic rings. The highest BCUT2D eigenvalue weighted by atomic mass is 16.5. The smallest absolute Gasteiger partial charge is 0.110 e. The average Bonchev–Trinajstić information content (AvgIpc) is 1.97. The molecule has 0 aliphatic carbocycles. The lowest BCUT2D eigenvalue weighted by atomic mass is 10.0. The summed E-state index contributed by atoms with van der Waals surface area (Å²) in [4.78, 5) is 0. The highest BCUT2D eigenvalue weighted by molar-refractivity contribution is 4.83. The number of rotatable bonds is 0. The van der Waals surface area contributed by atoms with Gasteiger partial charge in [-0.15, -0.1) is 0 Å². The van der Waals surface area contributed by atoms with Crippen molar-refractivity contribution < 1.29 is 21.4 Å². The maximum atomic E-state index is 9.12. The van der Waals surface area contributed by atoms with Crippen molar-refractivity contribution in [3.05, 3.63) is 0 Å². The van der Waals surface area contributed by atoms with Gasteiger partial charge in [-0.2, -0.15) is 0 Å². The van der Waals surface area contributed by atoms with E-state index in [1.165, 1.54) is 0 Å². The number of aliphatic hydroxyl groups excluding tert-OH is 3. The van der Waals surface area contributed by atoms with E-state index in [1.807, 2.05) is 0 Å². The molecule has 1 unspecified atom stereocenters. The summed E-state index contributed by atoms with van der Waals surface area (Å²) >= 11 is 0. The van der Waals surface area contributed by atoms with Crippen LogP contribution in [0.3, 0.4) is 0 Å². The van der Waals surface area contributed by atoms with Gasteiger partial charge in [-0.3, -0.25) is 0 Å². The van der Waals surface area contributed by atoms with Crippen LogP contribution in [0.2, 0.25) is 0 Å². The molecule has 60 valence electrons. The lowest BCUT2D eigenvalue weighted by Gasteiger charge is -2.33. The average molecular weight is 149 g/mol. The molecule has 0 aromatic carbocycles. The van der Waals surface area contributed by atoms with E-state index < -0.39 is 31.0 Å². The molecule has 5 atom stereocenters. The highest BCUT2D eigenvalue weighted by Crippen LogP contribution is 2.14. The van der Waals surface area contributed by atoms with E-state index in [1.54, 1.807) is 6.92 Å². The maximum absolute atomic E-state index is 9.12. The van der Waals surface area contributed by atoms with E-state index in [4.69, 9.17) is 21.4 Å². The van der Waals surface area contributed by atoms with Crippen molar-refractivity contribution in [1.82, 2.24) is 0 Å². The fourth-order valence-corrected chi connectivity index (χ4v) is 0.845. The van der Waals surface area contributed by atoms with Crippen LogP contribution in [0.15, 0.2) is 0 Å². The molecule has 1 rings (SSSR count). The minimum absolute atomic E-state index is 0.601. The first-order valence-corrected chi connectivity index (χ1v) is 3.16. The van der Waals surface area contributed by atoms with E-state index in [2.05, 4.69) is 0 Å². The van der Waals surface area contributed by atoms with Crippen LogP contribution in [0.25, 0.3) is 0 Å². The third-order valence-corrected chi connectivity index (χ3v) is 1.61. The minimum atomic E-state index is -1.32. The normalized spacial score (nSPS) is 58.0. The lowest BCUT2D eigenvalue weighted by molar-refractivity contribution is -0.181. The van der Waals surface area contributed by atoms with Gasteiger partial charge in [0.15, 0.2) is 0 Å². The van der Waals surface area contributed by atoms with E-state index in [9.17, 15) is 0 Å². The van der Waals surface area contributed by atoms with Gasteiger partial charge in [0, 0.05) is 0 Å². The molecule has 0 radical (unpaired) electrons. The molecule has 4 heteroatoms. The zero-order valence-electron chi connectivity index (χ0n) is 6.64. The van der Waals surface area contributed by atoms with Crippen LogP contribution in [0.1, 0.15) is 8.29 Å². The number of hydrogen-bond acceptors (Lipinski definition) is 4. The summed E-state index contributed by atoms with van der Waals surface area (Å²) < 4.78 is 11.9. The zero-order chi connectivity index (χ0) is 8.59. The Labute approximate surface area is 60.5 Å². The summed E-state index contributed by atoms with van der Waals surface area (Å²) in [7, 11) is 0. The van der Waals surface area contributed by atoms with Crippen molar-refractivity contribution in [3.63, 3.8) is 0 Å². The first kappa shape index (κ1) is 6.54. The van der Waals surface area contributed by atoms with Crippen LogP contribution < -0.4 is 0 Å². The van der Waals surface area contributed by atoms with Crippen molar-refractivity contribution in [1.29, 1.82) is 0 Å². The van der Waals surface area contributed by atoms with Crippen molar-refractivity contribution in [3.8, 4) is 0 Å². The van der Waals surface area contributed by atoms with Gasteiger partial charge in [0.1, 0.15) is 18.3 Å².